The number of nitrogens with zero attached hydrogens (tertiary/aromatic N) is 1. The number of hydrogen-bond donors (Lipinski definition) is 1. The van der Waals surface area contributed by atoms with E-state index in [4.69, 9.17) is 0 Å². The summed E-state index contributed by atoms with van der Waals surface area (Å²) in [5.74, 6) is 0. The van der Waals surface area contributed by atoms with Gasteiger partial charge in [-0.15, -0.1) is 0 Å². The standard InChI is InChI=1S/C14H20N2/c1-2-5-13-12(4-1)6-7-14(13)16-10-3-8-15-9-11-16/h1-2,4-5,14-15H,3,6-11H2. The van der Waals surface area contributed by atoms with Crippen LogP contribution in [0.25, 0.3) is 0 Å². The van der Waals surface area contributed by atoms with Crippen LogP contribution in [0.4, 0.5) is 0 Å². The molecule has 2 aliphatic rings. The van der Waals surface area contributed by atoms with Crippen LogP contribution < -0.4 is 5.32 Å². The Morgan fingerprint density at radius 3 is 3.06 bits per heavy atom. The fraction of sp³-hybridized carbons (Fsp3) is 0.571. The van der Waals surface area contributed by atoms with Gasteiger partial charge in [-0.1, -0.05) is 24.3 Å². The molecule has 16 heavy (non-hydrogen) atoms. The molecule has 0 bridgehead atoms. The predicted octanol–water partition coefficient (Wildman–Crippen LogP) is 1.97. The number of nitrogens with one attached hydrogen (secondary N) is 1. The summed E-state index contributed by atoms with van der Waals surface area (Å²) in [5, 5.41) is 3.48. The summed E-state index contributed by atoms with van der Waals surface area (Å²) in [6.45, 7) is 4.80. The highest BCUT2D eigenvalue weighted by molar-refractivity contribution is 5.34. The van der Waals surface area contributed by atoms with Crippen molar-refractivity contribution in [3.05, 3.63) is 35.4 Å². The molecule has 1 fully saturated rings. The van der Waals surface area contributed by atoms with E-state index in [0.29, 0.717) is 6.04 Å². The molecule has 1 unspecified atom stereocenters. The van der Waals surface area contributed by atoms with Crippen LogP contribution in [0, 0.1) is 0 Å². The maximum absolute atomic E-state index is 3.48. The summed E-state index contributed by atoms with van der Waals surface area (Å²) < 4.78 is 0. The quantitative estimate of drug-likeness (QED) is 0.772. The highest BCUT2D eigenvalue weighted by atomic mass is 15.2. The first kappa shape index (κ1) is 10.3. The fourth-order valence-corrected chi connectivity index (χ4v) is 3.09. The molecule has 1 aromatic rings. The summed E-state index contributed by atoms with van der Waals surface area (Å²) in [6, 6.07) is 9.67. The van der Waals surface area contributed by atoms with Crippen molar-refractivity contribution < 1.29 is 0 Å². The van der Waals surface area contributed by atoms with Crippen LogP contribution in [-0.4, -0.2) is 31.1 Å². The molecule has 1 atom stereocenters. The average Bonchev–Trinajstić information content (AvgIpc) is 2.57. The van der Waals surface area contributed by atoms with Gasteiger partial charge in [0.25, 0.3) is 0 Å². The molecule has 0 radical (unpaired) electrons. The molecule has 1 aliphatic carbocycles. The van der Waals surface area contributed by atoms with E-state index >= 15 is 0 Å². The minimum atomic E-state index is 0.691. The van der Waals surface area contributed by atoms with Crippen molar-refractivity contribution in [1.82, 2.24) is 10.2 Å². The van der Waals surface area contributed by atoms with Gasteiger partial charge in [-0.25, -0.2) is 0 Å². The van der Waals surface area contributed by atoms with Crippen LogP contribution in [-0.2, 0) is 6.42 Å². The van der Waals surface area contributed by atoms with Crippen LogP contribution >= 0.6 is 0 Å². The second kappa shape index (κ2) is 4.56. The number of fused-ring (bicyclic) bond motifs is 1. The molecule has 86 valence electrons. The van der Waals surface area contributed by atoms with Crippen molar-refractivity contribution in [2.45, 2.75) is 25.3 Å². The zero-order valence-electron chi connectivity index (χ0n) is 9.78. The lowest BCUT2D eigenvalue weighted by Crippen LogP contribution is -2.31. The summed E-state index contributed by atoms with van der Waals surface area (Å²) >= 11 is 0. The molecule has 1 heterocycles. The molecule has 1 saturated heterocycles. The van der Waals surface area contributed by atoms with Crippen molar-refractivity contribution in [1.29, 1.82) is 0 Å². The third-order valence-electron chi connectivity index (χ3n) is 3.92. The molecule has 1 aromatic carbocycles. The summed E-state index contributed by atoms with van der Waals surface area (Å²) in [7, 11) is 0. The molecule has 0 spiro atoms. The topological polar surface area (TPSA) is 15.3 Å². The van der Waals surface area contributed by atoms with Crippen molar-refractivity contribution in [3.8, 4) is 0 Å². The van der Waals surface area contributed by atoms with Crippen molar-refractivity contribution >= 4 is 0 Å². The van der Waals surface area contributed by atoms with Gasteiger partial charge in [0.05, 0.1) is 0 Å². The first-order chi connectivity index (χ1) is 7.95. The van der Waals surface area contributed by atoms with Gasteiger partial charge >= 0.3 is 0 Å². The van der Waals surface area contributed by atoms with Gasteiger partial charge < -0.3 is 5.32 Å². The van der Waals surface area contributed by atoms with Crippen molar-refractivity contribution in [2.75, 3.05) is 26.2 Å². The van der Waals surface area contributed by atoms with Gasteiger partial charge in [0.1, 0.15) is 0 Å². The Morgan fingerprint density at radius 1 is 1.12 bits per heavy atom. The number of aryl methyl sites for hydroxylation is 1. The Bertz CT molecular complexity index is 354. The van der Waals surface area contributed by atoms with Crippen LogP contribution in [0.5, 0.6) is 0 Å². The lowest BCUT2D eigenvalue weighted by molar-refractivity contribution is 0.210. The summed E-state index contributed by atoms with van der Waals surface area (Å²) in [6.07, 6.45) is 3.88. The molecule has 2 nitrogen and oxygen atoms in total. The summed E-state index contributed by atoms with van der Waals surface area (Å²) in [5.41, 5.74) is 3.16. The minimum Gasteiger partial charge on any atom is -0.315 e. The SMILES string of the molecule is c1ccc2c(c1)CCC2N1CCCNCC1. The van der Waals surface area contributed by atoms with E-state index in [-0.39, 0.29) is 0 Å². The maximum atomic E-state index is 3.48. The summed E-state index contributed by atoms with van der Waals surface area (Å²) in [4.78, 5) is 2.67. The third kappa shape index (κ3) is 1.87. The molecule has 0 saturated carbocycles. The van der Waals surface area contributed by atoms with E-state index in [1.54, 1.807) is 11.1 Å². The van der Waals surface area contributed by atoms with Crippen LogP contribution in [0.1, 0.15) is 30.0 Å². The van der Waals surface area contributed by atoms with Crippen LogP contribution in [0.15, 0.2) is 24.3 Å². The molecular weight excluding hydrogens is 196 g/mol. The third-order valence-corrected chi connectivity index (χ3v) is 3.92. The Labute approximate surface area is 97.6 Å². The molecule has 0 amide bonds. The van der Waals surface area contributed by atoms with E-state index < -0.39 is 0 Å². The molecule has 2 heteroatoms. The number of hydrogen-bond acceptors (Lipinski definition) is 2. The zero-order valence-corrected chi connectivity index (χ0v) is 9.78. The van der Waals surface area contributed by atoms with Gasteiger partial charge in [-0.2, -0.15) is 0 Å². The van der Waals surface area contributed by atoms with E-state index in [0.717, 1.165) is 6.54 Å². The Hall–Kier alpha value is -0.860. The maximum Gasteiger partial charge on any atom is 0.0354 e. The Morgan fingerprint density at radius 2 is 2.06 bits per heavy atom. The molecule has 0 aromatic heterocycles. The van der Waals surface area contributed by atoms with Crippen molar-refractivity contribution in [3.63, 3.8) is 0 Å². The average molecular weight is 216 g/mol. The van der Waals surface area contributed by atoms with Crippen LogP contribution in [0.3, 0.4) is 0 Å². The molecule has 3 rings (SSSR count). The second-order valence-electron chi connectivity index (χ2n) is 4.89. The molecular formula is C14H20N2. The van der Waals surface area contributed by atoms with Gasteiger partial charge in [-0.3, -0.25) is 4.90 Å². The fourth-order valence-electron chi connectivity index (χ4n) is 3.09. The van der Waals surface area contributed by atoms with Crippen LogP contribution in [0.2, 0.25) is 0 Å². The lowest BCUT2D eigenvalue weighted by atomic mass is 10.1. The lowest BCUT2D eigenvalue weighted by Gasteiger charge is -2.27. The smallest absolute Gasteiger partial charge is 0.0354 e. The highest BCUT2D eigenvalue weighted by Crippen LogP contribution is 2.35. The van der Waals surface area contributed by atoms with Gasteiger partial charge in [0.15, 0.2) is 0 Å². The monoisotopic (exact) mass is 216 g/mol. The van der Waals surface area contributed by atoms with Gasteiger partial charge in [0, 0.05) is 25.7 Å². The first-order valence-corrected chi connectivity index (χ1v) is 6.48. The molecule has 1 N–H and O–H groups in total. The largest absolute Gasteiger partial charge is 0.315 e. The second-order valence-corrected chi connectivity index (χ2v) is 4.89. The normalized spacial score (nSPS) is 26.4. The highest BCUT2D eigenvalue weighted by Gasteiger charge is 2.27. The number of benzene rings is 1. The van der Waals surface area contributed by atoms with Gasteiger partial charge in [0.2, 0.25) is 0 Å². The zero-order chi connectivity index (χ0) is 10.8. The minimum absolute atomic E-state index is 0.691. The Kier molecular flexibility index (Phi) is 2.94. The number of rotatable bonds is 1. The van der Waals surface area contributed by atoms with E-state index in [9.17, 15) is 0 Å². The predicted molar refractivity (Wildman–Crippen MR) is 66.6 cm³/mol. The first-order valence-electron chi connectivity index (χ1n) is 6.48. The van der Waals surface area contributed by atoms with E-state index in [1.807, 2.05) is 0 Å². The van der Waals surface area contributed by atoms with E-state index in [2.05, 4.69) is 34.5 Å². The Balaban J connectivity index is 1.80. The van der Waals surface area contributed by atoms with E-state index in [1.165, 1.54) is 38.9 Å². The molecule has 1 aliphatic heterocycles. The van der Waals surface area contributed by atoms with Crippen molar-refractivity contribution in [2.24, 2.45) is 0 Å². The van der Waals surface area contributed by atoms with Gasteiger partial charge in [-0.05, 0) is 36.9 Å².